The van der Waals surface area contributed by atoms with Gasteiger partial charge in [-0.05, 0) is 42.0 Å². The van der Waals surface area contributed by atoms with Crippen LogP contribution in [-0.4, -0.2) is 45.6 Å². The van der Waals surface area contributed by atoms with Gasteiger partial charge >= 0.3 is 5.97 Å². The van der Waals surface area contributed by atoms with Crippen LogP contribution in [0.2, 0.25) is 0 Å². The molecule has 6 rings (SSSR count). The summed E-state index contributed by atoms with van der Waals surface area (Å²) in [6, 6.07) is 19.5. The molecule has 9 nitrogen and oxygen atoms in total. The summed E-state index contributed by atoms with van der Waals surface area (Å²) in [5.41, 5.74) is 0.426. The number of nitrogens with zero attached hydrogens (tertiary/aromatic N) is 1. The Morgan fingerprint density at radius 2 is 1.71 bits per heavy atom. The highest BCUT2D eigenvalue weighted by Crippen LogP contribution is 2.52. The van der Waals surface area contributed by atoms with E-state index in [0.717, 1.165) is 15.8 Å². The number of carboxylic acids is 1. The van der Waals surface area contributed by atoms with Gasteiger partial charge in [0.05, 0.1) is 24.6 Å². The van der Waals surface area contributed by atoms with E-state index in [0.29, 0.717) is 22.6 Å². The molecule has 4 aromatic rings. The number of rotatable bonds is 6. The van der Waals surface area contributed by atoms with Crippen LogP contribution < -0.4 is 15.0 Å². The average molecular weight is 512 g/mol. The number of hydrogen-bond donors (Lipinski definition) is 4. The Bertz CT molecular complexity index is 1580. The summed E-state index contributed by atoms with van der Waals surface area (Å²) in [6.07, 6.45) is 1.69. The molecular weight excluding hydrogens is 486 g/mol. The van der Waals surface area contributed by atoms with E-state index < -0.39 is 41.2 Å². The number of imide groups is 1. The molecule has 38 heavy (non-hydrogen) atoms. The number of aliphatic carboxylic acids is 1. The highest BCUT2D eigenvalue weighted by Gasteiger charge is 2.69. The van der Waals surface area contributed by atoms with Gasteiger partial charge in [-0.15, -0.1) is 0 Å². The molecule has 2 saturated heterocycles. The smallest absolute Gasteiger partial charge is 0.325 e. The van der Waals surface area contributed by atoms with Gasteiger partial charge in [0.25, 0.3) is 0 Å². The number of carbonyl (C=O) groups is 3. The lowest BCUT2D eigenvalue weighted by Crippen LogP contribution is -2.57. The molecule has 3 aromatic carbocycles. The van der Waals surface area contributed by atoms with E-state index in [2.05, 4.69) is 10.3 Å². The topological polar surface area (TPSA) is 132 Å². The number of carbonyl (C=O) groups excluding carboxylic acids is 2. The number of anilines is 1. The highest BCUT2D eigenvalue weighted by atomic mass is 16.5. The quantitative estimate of drug-likeness (QED) is 0.292. The largest absolute Gasteiger partial charge is 0.508 e. The summed E-state index contributed by atoms with van der Waals surface area (Å²) in [7, 11) is 1.51. The number of amides is 2. The van der Waals surface area contributed by atoms with Crippen molar-refractivity contribution in [3.05, 3.63) is 90.1 Å². The molecule has 192 valence electrons. The van der Waals surface area contributed by atoms with Crippen molar-refractivity contribution in [1.82, 2.24) is 10.3 Å². The monoisotopic (exact) mass is 511 g/mol. The number of aromatic amines is 1. The Hall–Kier alpha value is -4.63. The van der Waals surface area contributed by atoms with Crippen LogP contribution in [0, 0.1) is 11.8 Å². The zero-order valence-corrected chi connectivity index (χ0v) is 20.4. The molecule has 9 heteroatoms. The maximum Gasteiger partial charge on any atom is 0.325 e. The number of hydrogen-bond acceptors (Lipinski definition) is 6. The van der Waals surface area contributed by atoms with Crippen molar-refractivity contribution in [2.45, 2.75) is 18.0 Å². The van der Waals surface area contributed by atoms with Crippen LogP contribution in [0.3, 0.4) is 0 Å². The number of H-pyrrole nitrogens is 1. The molecular formula is C29H25N3O6. The van der Waals surface area contributed by atoms with Crippen LogP contribution >= 0.6 is 0 Å². The van der Waals surface area contributed by atoms with E-state index in [1.165, 1.54) is 13.2 Å². The lowest BCUT2D eigenvalue weighted by molar-refractivity contribution is -0.148. The van der Waals surface area contributed by atoms with Gasteiger partial charge in [-0.25, -0.2) is 4.90 Å². The maximum atomic E-state index is 14.0. The molecule has 0 bridgehead atoms. The zero-order chi connectivity index (χ0) is 26.6. The van der Waals surface area contributed by atoms with Gasteiger partial charge in [0.2, 0.25) is 11.8 Å². The second kappa shape index (κ2) is 8.74. The standard InChI is InChI=1S/C29H25N3O6/c1-38-18-12-10-17(11-13-18)32-26(34)23-24(27(32)35)29(28(36)37,31-25(23)20-7-3-5-9-22(20)33)14-16-15-30-21-8-4-2-6-19(16)21/h2-13,15,23-25,30-31,33H,14H2,1H3,(H,36,37). The van der Waals surface area contributed by atoms with E-state index >= 15 is 0 Å². The molecule has 4 atom stereocenters. The molecule has 2 aliphatic rings. The van der Waals surface area contributed by atoms with Crippen molar-refractivity contribution < 1.29 is 29.3 Å². The summed E-state index contributed by atoms with van der Waals surface area (Å²) >= 11 is 0. The molecule has 1 aromatic heterocycles. The van der Waals surface area contributed by atoms with Crippen LogP contribution in [0.4, 0.5) is 5.69 Å². The van der Waals surface area contributed by atoms with Gasteiger partial charge in [0.15, 0.2) is 0 Å². The van der Waals surface area contributed by atoms with Gasteiger partial charge in [-0.2, -0.15) is 0 Å². The Morgan fingerprint density at radius 3 is 2.42 bits per heavy atom. The first-order valence-corrected chi connectivity index (χ1v) is 12.2. The van der Waals surface area contributed by atoms with Gasteiger partial charge in [0.1, 0.15) is 17.0 Å². The van der Waals surface area contributed by atoms with Crippen LogP contribution in [0.15, 0.2) is 79.0 Å². The molecule has 0 saturated carbocycles. The Labute approximate surface area is 217 Å². The van der Waals surface area contributed by atoms with Crippen molar-refractivity contribution in [2.24, 2.45) is 11.8 Å². The van der Waals surface area contributed by atoms with E-state index in [9.17, 15) is 24.6 Å². The second-order valence-corrected chi connectivity index (χ2v) is 9.71. The fourth-order valence-electron chi connectivity index (χ4n) is 6.02. The lowest BCUT2D eigenvalue weighted by Gasteiger charge is -2.31. The third-order valence-electron chi connectivity index (χ3n) is 7.78. The minimum atomic E-state index is -1.81. The van der Waals surface area contributed by atoms with Crippen LogP contribution in [-0.2, 0) is 20.8 Å². The third-order valence-corrected chi connectivity index (χ3v) is 7.78. The number of nitrogens with one attached hydrogen (secondary N) is 2. The van der Waals surface area contributed by atoms with E-state index in [4.69, 9.17) is 4.74 Å². The minimum absolute atomic E-state index is 0.0485. The van der Waals surface area contributed by atoms with Crippen molar-refractivity contribution in [2.75, 3.05) is 12.0 Å². The molecule has 2 amide bonds. The predicted octanol–water partition coefficient (Wildman–Crippen LogP) is 3.40. The van der Waals surface area contributed by atoms with Gasteiger partial charge < -0.3 is 19.9 Å². The summed E-state index contributed by atoms with van der Waals surface area (Å²) < 4.78 is 5.20. The number of fused-ring (bicyclic) bond motifs is 2. The zero-order valence-electron chi connectivity index (χ0n) is 20.4. The summed E-state index contributed by atoms with van der Waals surface area (Å²) in [6.45, 7) is 0. The number of aromatic hydroxyl groups is 1. The lowest BCUT2D eigenvalue weighted by atomic mass is 9.76. The number of benzene rings is 3. The van der Waals surface area contributed by atoms with E-state index in [1.54, 1.807) is 48.7 Å². The predicted molar refractivity (Wildman–Crippen MR) is 139 cm³/mol. The normalized spacial score (nSPS) is 24.7. The van der Waals surface area contributed by atoms with E-state index in [1.807, 2.05) is 24.3 Å². The number of phenolic OH excluding ortho intramolecular Hbond substituents is 1. The number of ether oxygens (including phenoxy) is 1. The fraction of sp³-hybridized carbons (Fsp3) is 0.207. The summed E-state index contributed by atoms with van der Waals surface area (Å²) in [5.74, 6) is -4.15. The van der Waals surface area contributed by atoms with E-state index in [-0.39, 0.29) is 12.2 Å². The SMILES string of the molecule is COc1ccc(N2C(=O)C3C(c4ccccc4O)NC(Cc4c[nH]c5ccccc45)(C(=O)O)C3C2=O)cc1. The second-order valence-electron chi connectivity index (χ2n) is 9.71. The van der Waals surface area contributed by atoms with Crippen LogP contribution in [0.25, 0.3) is 10.9 Å². The van der Waals surface area contributed by atoms with Crippen molar-refractivity contribution in [1.29, 1.82) is 0 Å². The summed E-state index contributed by atoms with van der Waals surface area (Å²) in [4.78, 5) is 45.3. The molecule has 2 aliphatic heterocycles. The van der Waals surface area contributed by atoms with Crippen molar-refractivity contribution in [3.8, 4) is 11.5 Å². The van der Waals surface area contributed by atoms with Gasteiger partial charge in [-0.3, -0.25) is 19.7 Å². The Morgan fingerprint density at radius 1 is 1.00 bits per heavy atom. The third kappa shape index (κ3) is 3.39. The van der Waals surface area contributed by atoms with Gasteiger partial charge in [0, 0.05) is 35.1 Å². The first-order chi connectivity index (χ1) is 18.4. The van der Waals surface area contributed by atoms with Crippen LogP contribution in [0.1, 0.15) is 17.2 Å². The van der Waals surface area contributed by atoms with Crippen molar-refractivity contribution >= 4 is 34.4 Å². The first kappa shape index (κ1) is 23.7. The average Bonchev–Trinajstić information content (AvgIpc) is 3.57. The molecule has 0 aliphatic carbocycles. The molecule has 2 fully saturated rings. The first-order valence-electron chi connectivity index (χ1n) is 12.2. The number of phenols is 1. The van der Waals surface area contributed by atoms with Crippen LogP contribution in [0.5, 0.6) is 11.5 Å². The number of methoxy groups -OCH3 is 1. The Kier molecular flexibility index (Phi) is 5.46. The molecule has 0 spiro atoms. The highest BCUT2D eigenvalue weighted by molar-refractivity contribution is 6.24. The number of carboxylic acid groups (broad SMARTS) is 1. The minimum Gasteiger partial charge on any atom is -0.508 e. The Balaban J connectivity index is 1.51. The fourth-order valence-corrected chi connectivity index (χ4v) is 6.02. The summed E-state index contributed by atoms with van der Waals surface area (Å²) in [5, 5.41) is 25.4. The molecule has 4 N–H and O–H groups in total. The number of aromatic nitrogens is 1. The molecule has 0 radical (unpaired) electrons. The molecule has 3 heterocycles. The van der Waals surface area contributed by atoms with Gasteiger partial charge in [-0.1, -0.05) is 36.4 Å². The van der Waals surface area contributed by atoms with Crippen molar-refractivity contribution in [3.63, 3.8) is 0 Å². The maximum absolute atomic E-state index is 14.0. The molecule has 4 unspecified atom stereocenters. The number of para-hydroxylation sites is 2.